The number of carbonyl (C=O) groups is 1. The molecule has 0 aromatic heterocycles. The van der Waals surface area contributed by atoms with Crippen LogP contribution in [0, 0.1) is 13.8 Å². The van der Waals surface area contributed by atoms with Crippen molar-refractivity contribution in [2.75, 3.05) is 23.7 Å². The smallest absolute Gasteiger partial charge is 0.244 e. The summed E-state index contributed by atoms with van der Waals surface area (Å²) in [6.07, 6.45) is 1.48. The summed E-state index contributed by atoms with van der Waals surface area (Å²) in [5.41, 5.74) is 2.26. The third-order valence-corrected chi connectivity index (χ3v) is 6.51. The highest BCUT2D eigenvalue weighted by Gasteiger charge is 2.32. The Hall–Kier alpha value is -3.06. The molecule has 0 saturated carbocycles. The minimum Gasteiger partial charge on any atom is -0.491 e. The van der Waals surface area contributed by atoms with Crippen LogP contribution in [0.25, 0.3) is 10.8 Å². The molecule has 0 fully saturated rings. The SMILES string of the molecule is CCC(C(=O)NCCOc1cccc2ccccc12)N(c1cc(C)ccc1C)S(C)(=O)=O. The van der Waals surface area contributed by atoms with Crippen LogP contribution in [0.15, 0.2) is 60.7 Å². The lowest BCUT2D eigenvalue weighted by atomic mass is 10.1. The summed E-state index contributed by atoms with van der Waals surface area (Å²) in [4.78, 5) is 13.0. The molecule has 1 atom stereocenters. The Bertz CT molecular complexity index is 1200. The van der Waals surface area contributed by atoms with E-state index in [0.717, 1.165) is 33.9 Å². The van der Waals surface area contributed by atoms with Gasteiger partial charge in [-0.05, 0) is 48.9 Å². The van der Waals surface area contributed by atoms with E-state index in [9.17, 15) is 13.2 Å². The lowest BCUT2D eigenvalue weighted by Gasteiger charge is -2.31. The van der Waals surface area contributed by atoms with Crippen molar-refractivity contribution in [1.29, 1.82) is 0 Å². The molecule has 1 N–H and O–H groups in total. The molecule has 1 amide bonds. The van der Waals surface area contributed by atoms with Gasteiger partial charge in [0.25, 0.3) is 0 Å². The van der Waals surface area contributed by atoms with E-state index >= 15 is 0 Å². The zero-order chi connectivity index (χ0) is 23.3. The van der Waals surface area contributed by atoms with E-state index in [1.165, 1.54) is 4.31 Å². The number of hydrogen-bond acceptors (Lipinski definition) is 4. The maximum atomic E-state index is 13.0. The van der Waals surface area contributed by atoms with Crippen molar-refractivity contribution >= 4 is 32.4 Å². The first-order chi connectivity index (χ1) is 15.2. The molecular formula is C25H30N2O4S. The van der Waals surface area contributed by atoms with Crippen LogP contribution in [-0.2, 0) is 14.8 Å². The van der Waals surface area contributed by atoms with Crippen molar-refractivity contribution in [3.05, 3.63) is 71.8 Å². The molecule has 0 heterocycles. The molecule has 0 bridgehead atoms. The van der Waals surface area contributed by atoms with E-state index in [4.69, 9.17) is 4.74 Å². The number of carbonyl (C=O) groups excluding carboxylic acids is 1. The number of rotatable bonds is 9. The van der Waals surface area contributed by atoms with Gasteiger partial charge in [-0.2, -0.15) is 0 Å². The summed E-state index contributed by atoms with van der Waals surface area (Å²) in [5.74, 6) is 0.401. The predicted molar refractivity (Wildman–Crippen MR) is 130 cm³/mol. The zero-order valence-electron chi connectivity index (χ0n) is 19.0. The number of nitrogens with zero attached hydrogens (tertiary/aromatic N) is 1. The van der Waals surface area contributed by atoms with Crippen LogP contribution in [0.5, 0.6) is 5.75 Å². The molecule has 3 rings (SSSR count). The number of nitrogens with one attached hydrogen (secondary N) is 1. The van der Waals surface area contributed by atoms with Crippen LogP contribution >= 0.6 is 0 Å². The summed E-state index contributed by atoms with van der Waals surface area (Å²) in [7, 11) is -3.67. The molecule has 170 valence electrons. The van der Waals surface area contributed by atoms with Crippen LogP contribution in [-0.4, -0.2) is 39.8 Å². The molecule has 1 unspecified atom stereocenters. The van der Waals surface area contributed by atoms with Gasteiger partial charge in [-0.15, -0.1) is 0 Å². The molecule has 3 aromatic carbocycles. The number of fused-ring (bicyclic) bond motifs is 1. The molecule has 0 aliphatic rings. The average molecular weight is 455 g/mol. The number of aryl methyl sites for hydroxylation is 2. The highest BCUT2D eigenvalue weighted by molar-refractivity contribution is 7.92. The van der Waals surface area contributed by atoms with Crippen molar-refractivity contribution in [2.24, 2.45) is 0 Å². The van der Waals surface area contributed by atoms with Crippen molar-refractivity contribution in [3.63, 3.8) is 0 Å². The number of ether oxygens (including phenoxy) is 1. The summed E-state index contributed by atoms with van der Waals surface area (Å²) in [6.45, 7) is 6.09. The van der Waals surface area contributed by atoms with Crippen molar-refractivity contribution in [3.8, 4) is 5.75 Å². The van der Waals surface area contributed by atoms with E-state index in [0.29, 0.717) is 12.1 Å². The van der Waals surface area contributed by atoms with Gasteiger partial charge in [-0.3, -0.25) is 9.10 Å². The molecule has 0 aliphatic heterocycles. The topological polar surface area (TPSA) is 75.7 Å². The highest BCUT2D eigenvalue weighted by atomic mass is 32.2. The van der Waals surface area contributed by atoms with E-state index in [2.05, 4.69) is 5.32 Å². The van der Waals surface area contributed by atoms with Gasteiger partial charge in [0.1, 0.15) is 18.4 Å². The summed E-state index contributed by atoms with van der Waals surface area (Å²) in [5, 5.41) is 4.92. The molecule has 0 radical (unpaired) electrons. The summed E-state index contributed by atoms with van der Waals surface area (Å²) in [6, 6.07) is 18.5. The normalized spacial score (nSPS) is 12.4. The Morgan fingerprint density at radius 1 is 1.06 bits per heavy atom. The first-order valence-electron chi connectivity index (χ1n) is 10.7. The number of benzene rings is 3. The number of anilines is 1. The van der Waals surface area contributed by atoms with Crippen LogP contribution < -0.4 is 14.4 Å². The van der Waals surface area contributed by atoms with Crippen LogP contribution in [0.1, 0.15) is 24.5 Å². The van der Waals surface area contributed by atoms with Gasteiger partial charge in [0, 0.05) is 5.39 Å². The van der Waals surface area contributed by atoms with E-state index in [1.807, 2.05) is 68.4 Å². The molecule has 0 aliphatic carbocycles. The van der Waals surface area contributed by atoms with Crippen LogP contribution in [0.4, 0.5) is 5.69 Å². The maximum Gasteiger partial charge on any atom is 0.244 e. The molecule has 3 aromatic rings. The fourth-order valence-corrected chi connectivity index (χ4v) is 5.03. The lowest BCUT2D eigenvalue weighted by Crippen LogP contribution is -2.50. The third-order valence-electron chi connectivity index (χ3n) is 5.34. The summed E-state index contributed by atoms with van der Waals surface area (Å²) >= 11 is 0. The van der Waals surface area contributed by atoms with Crippen LogP contribution in [0.2, 0.25) is 0 Å². The average Bonchev–Trinajstić information content (AvgIpc) is 2.76. The van der Waals surface area contributed by atoms with Crippen molar-refractivity contribution in [1.82, 2.24) is 5.32 Å². The Labute approximate surface area is 190 Å². The first-order valence-corrected chi connectivity index (χ1v) is 12.5. The molecule has 32 heavy (non-hydrogen) atoms. The lowest BCUT2D eigenvalue weighted by molar-refractivity contribution is -0.122. The fraction of sp³-hybridized carbons (Fsp3) is 0.320. The molecule has 6 nitrogen and oxygen atoms in total. The standard InChI is InChI=1S/C25H30N2O4S/c1-5-22(27(32(4,29)30)23-17-18(2)13-14-19(23)3)25(28)26-15-16-31-24-12-8-10-20-9-6-7-11-21(20)24/h6-14,17,22H,5,15-16H2,1-4H3,(H,26,28). The third kappa shape index (κ3) is 5.40. The second-order valence-electron chi connectivity index (χ2n) is 7.89. The minimum atomic E-state index is -3.67. The number of amides is 1. The second-order valence-corrected chi connectivity index (χ2v) is 9.75. The van der Waals surface area contributed by atoms with Crippen molar-refractivity contribution < 1.29 is 17.9 Å². The van der Waals surface area contributed by atoms with Gasteiger partial charge in [0.2, 0.25) is 15.9 Å². The second kappa shape index (κ2) is 10.0. The fourth-order valence-electron chi connectivity index (χ4n) is 3.77. The summed E-state index contributed by atoms with van der Waals surface area (Å²) < 4.78 is 32.4. The Balaban J connectivity index is 1.71. The quantitative estimate of drug-likeness (QED) is 0.492. The van der Waals surface area contributed by atoms with Gasteiger partial charge in [-0.1, -0.05) is 55.5 Å². The van der Waals surface area contributed by atoms with E-state index in [-0.39, 0.29) is 19.1 Å². The van der Waals surface area contributed by atoms with Crippen LogP contribution in [0.3, 0.4) is 0 Å². The highest BCUT2D eigenvalue weighted by Crippen LogP contribution is 2.28. The van der Waals surface area contributed by atoms with Gasteiger partial charge < -0.3 is 10.1 Å². The van der Waals surface area contributed by atoms with Crippen molar-refractivity contribution in [2.45, 2.75) is 33.2 Å². The van der Waals surface area contributed by atoms with Gasteiger partial charge in [-0.25, -0.2) is 8.42 Å². The number of sulfonamides is 1. The monoisotopic (exact) mass is 454 g/mol. The van der Waals surface area contributed by atoms with Gasteiger partial charge in [0.05, 0.1) is 18.5 Å². The predicted octanol–water partition coefficient (Wildman–Crippen LogP) is 4.20. The molecule has 0 spiro atoms. The molecule has 7 heteroatoms. The Morgan fingerprint density at radius 3 is 2.50 bits per heavy atom. The zero-order valence-corrected chi connectivity index (χ0v) is 19.8. The van der Waals surface area contributed by atoms with E-state index in [1.54, 1.807) is 13.0 Å². The molecule has 0 saturated heterocycles. The molecular weight excluding hydrogens is 424 g/mol. The van der Waals surface area contributed by atoms with Gasteiger partial charge in [0.15, 0.2) is 0 Å². The Morgan fingerprint density at radius 2 is 1.78 bits per heavy atom. The first kappa shape index (κ1) is 23.6. The number of hydrogen-bond donors (Lipinski definition) is 1. The largest absolute Gasteiger partial charge is 0.491 e. The van der Waals surface area contributed by atoms with E-state index < -0.39 is 16.1 Å². The Kier molecular flexibility index (Phi) is 7.40. The minimum absolute atomic E-state index is 0.267. The maximum absolute atomic E-state index is 13.0. The van der Waals surface area contributed by atoms with Gasteiger partial charge >= 0.3 is 0 Å².